The Morgan fingerprint density at radius 2 is 1.71 bits per heavy atom. The van der Waals surface area contributed by atoms with E-state index in [0.29, 0.717) is 23.8 Å². The van der Waals surface area contributed by atoms with Crippen LogP contribution in [-0.4, -0.2) is 82.7 Å². The minimum atomic E-state index is -0.804. The summed E-state index contributed by atoms with van der Waals surface area (Å²) in [5.41, 5.74) is 4.98. The number of hydrogen-bond acceptors (Lipinski definition) is 9. The van der Waals surface area contributed by atoms with Gasteiger partial charge in [0.25, 0.3) is 0 Å². The SMILES string of the molecule is COC(=O)C1C2CC3c4[nH]c5ccccc5c4CCN3CC2=CC(OC(=O)c2cc(OC)c(OC)c(OC)c2)C1OC. The first-order valence-corrected chi connectivity index (χ1v) is 14.1. The highest BCUT2D eigenvalue weighted by Crippen LogP contribution is 2.48. The molecule has 0 bridgehead atoms. The molecule has 1 saturated heterocycles. The zero-order valence-corrected chi connectivity index (χ0v) is 24.5. The summed E-state index contributed by atoms with van der Waals surface area (Å²) in [5, 5.41) is 1.26. The fraction of sp³-hybridized carbons (Fsp3) is 0.438. The van der Waals surface area contributed by atoms with E-state index < -0.39 is 24.1 Å². The molecule has 1 aromatic heterocycles. The van der Waals surface area contributed by atoms with Gasteiger partial charge in [-0.05, 0) is 48.6 Å². The Balaban J connectivity index is 1.34. The lowest BCUT2D eigenvalue weighted by Crippen LogP contribution is -2.53. The van der Waals surface area contributed by atoms with Crippen molar-refractivity contribution in [3.63, 3.8) is 0 Å². The number of para-hydroxylation sites is 1. The average Bonchev–Trinajstić information content (AvgIpc) is 3.41. The summed E-state index contributed by atoms with van der Waals surface area (Å²) < 4.78 is 33.4. The molecule has 10 nitrogen and oxygen atoms in total. The van der Waals surface area contributed by atoms with Crippen LogP contribution >= 0.6 is 0 Å². The predicted octanol–water partition coefficient (Wildman–Crippen LogP) is 4.08. The molecule has 0 radical (unpaired) electrons. The van der Waals surface area contributed by atoms with Crippen LogP contribution in [0.5, 0.6) is 17.2 Å². The maximum atomic E-state index is 13.5. The van der Waals surface area contributed by atoms with E-state index >= 15 is 0 Å². The lowest BCUT2D eigenvalue weighted by Gasteiger charge is -2.49. The molecule has 3 aliphatic rings. The van der Waals surface area contributed by atoms with Crippen LogP contribution in [0, 0.1) is 11.8 Å². The minimum absolute atomic E-state index is 0.128. The zero-order valence-electron chi connectivity index (χ0n) is 24.5. The van der Waals surface area contributed by atoms with Crippen LogP contribution in [0.4, 0.5) is 0 Å². The molecule has 42 heavy (non-hydrogen) atoms. The maximum absolute atomic E-state index is 13.5. The van der Waals surface area contributed by atoms with Crippen LogP contribution in [0.25, 0.3) is 10.9 Å². The van der Waals surface area contributed by atoms with Gasteiger partial charge in [0.15, 0.2) is 11.5 Å². The number of benzene rings is 2. The third-order valence-corrected chi connectivity index (χ3v) is 8.99. The molecule has 1 fully saturated rings. The molecule has 5 unspecified atom stereocenters. The van der Waals surface area contributed by atoms with Gasteiger partial charge in [-0.2, -0.15) is 0 Å². The van der Waals surface area contributed by atoms with Crippen LogP contribution in [0.1, 0.15) is 34.1 Å². The van der Waals surface area contributed by atoms with Crippen molar-refractivity contribution in [3.05, 3.63) is 64.9 Å². The first-order valence-electron chi connectivity index (χ1n) is 14.1. The van der Waals surface area contributed by atoms with Gasteiger partial charge in [0.05, 0.1) is 46.0 Å². The molecule has 3 aromatic rings. The average molecular weight is 577 g/mol. The van der Waals surface area contributed by atoms with Crippen molar-refractivity contribution in [1.29, 1.82) is 0 Å². The monoisotopic (exact) mass is 576 g/mol. The van der Waals surface area contributed by atoms with Gasteiger partial charge in [0.2, 0.25) is 5.75 Å². The zero-order chi connectivity index (χ0) is 29.5. The Morgan fingerprint density at radius 1 is 0.976 bits per heavy atom. The number of carbonyl (C=O) groups is 2. The number of aromatic amines is 1. The number of piperidine rings is 1. The topological polar surface area (TPSA) is 109 Å². The molecular weight excluding hydrogens is 540 g/mol. The third kappa shape index (κ3) is 4.59. The van der Waals surface area contributed by atoms with Gasteiger partial charge in [-0.15, -0.1) is 0 Å². The molecule has 1 N–H and O–H groups in total. The molecule has 1 aliphatic carbocycles. The quantitative estimate of drug-likeness (QED) is 0.329. The molecule has 6 rings (SSSR count). The molecule has 5 atom stereocenters. The Bertz CT molecular complexity index is 1520. The summed E-state index contributed by atoms with van der Waals surface area (Å²) >= 11 is 0. The molecule has 0 amide bonds. The predicted molar refractivity (Wildman–Crippen MR) is 154 cm³/mol. The van der Waals surface area contributed by atoms with E-state index in [0.717, 1.165) is 30.5 Å². The first-order chi connectivity index (χ1) is 20.4. The number of rotatable bonds is 7. The highest BCUT2D eigenvalue weighted by Gasteiger charge is 2.51. The number of nitrogens with zero attached hydrogens (tertiary/aromatic N) is 1. The number of hydrogen-bond donors (Lipinski definition) is 1. The van der Waals surface area contributed by atoms with Gasteiger partial charge in [0, 0.05) is 36.8 Å². The van der Waals surface area contributed by atoms with Crippen molar-refractivity contribution < 1.29 is 38.0 Å². The lowest BCUT2D eigenvalue weighted by molar-refractivity contribution is -0.159. The molecular formula is C32H36N2O8. The third-order valence-electron chi connectivity index (χ3n) is 8.99. The summed E-state index contributed by atoms with van der Waals surface area (Å²) in [6.07, 6.45) is 2.09. The standard InChI is InChI=1S/C32H36N2O8/c1-37-24-12-17(13-25(38-2)29(24)39-3)31(35)42-26-14-18-16-34-11-10-20-19-8-6-7-9-22(19)33-28(20)23(34)15-21(18)27(30(26)40-4)32(36)41-5/h6-9,12-14,21,23,26-27,30,33H,10-11,15-16H2,1-5H3. The van der Waals surface area contributed by atoms with E-state index in [1.165, 1.54) is 52.2 Å². The van der Waals surface area contributed by atoms with Gasteiger partial charge < -0.3 is 33.4 Å². The van der Waals surface area contributed by atoms with Gasteiger partial charge >= 0.3 is 11.9 Å². The smallest absolute Gasteiger partial charge is 0.339 e. The Morgan fingerprint density at radius 3 is 2.38 bits per heavy atom. The second kappa shape index (κ2) is 11.3. The summed E-state index contributed by atoms with van der Waals surface area (Å²) in [7, 11) is 7.38. The van der Waals surface area contributed by atoms with Crippen LogP contribution in [0.3, 0.4) is 0 Å². The van der Waals surface area contributed by atoms with Crippen molar-refractivity contribution in [1.82, 2.24) is 9.88 Å². The maximum Gasteiger partial charge on any atom is 0.339 e. The van der Waals surface area contributed by atoms with Crippen LogP contribution in [-0.2, 0) is 25.4 Å². The normalized spacial score (nSPS) is 25.0. The molecule has 0 saturated carbocycles. The molecule has 0 spiro atoms. The number of nitrogens with one attached hydrogen (secondary N) is 1. The fourth-order valence-corrected chi connectivity index (χ4v) is 7.07. The van der Waals surface area contributed by atoms with E-state index in [1.807, 2.05) is 12.1 Å². The van der Waals surface area contributed by atoms with Crippen LogP contribution < -0.4 is 14.2 Å². The number of ether oxygens (including phenoxy) is 6. The Kier molecular flexibility index (Phi) is 7.59. The molecule has 2 aromatic carbocycles. The molecule has 10 heteroatoms. The van der Waals surface area contributed by atoms with Crippen molar-refractivity contribution >= 4 is 22.8 Å². The van der Waals surface area contributed by atoms with Crippen molar-refractivity contribution in [2.75, 3.05) is 48.6 Å². The number of aromatic nitrogens is 1. The molecule has 3 heterocycles. The number of carbonyl (C=O) groups excluding carboxylic acids is 2. The van der Waals surface area contributed by atoms with E-state index in [-0.39, 0.29) is 23.5 Å². The Hall–Kier alpha value is -4.02. The van der Waals surface area contributed by atoms with Gasteiger partial charge in [-0.25, -0.2) is 4.79 Å². The Labute approximate surface area is 244 Å². The van der Waals surface area contributed by atoms with Crippen molar-refractivity contribution in [2.24, 2.45) is 11.8 Å². The van der Waals surface area contributed by atoms with Crippen molar-refractivity contribution in [2.45, 2.75) is 31.1 Å². The summed E-state index contributed by atoms with van der Waals surface area (Å²) in [5.74, 6) is -0.715. The van der Waals surface area contributed by atoms with Crippen LogP contribution in [0.15, 0.2) is 48.0 Å². The van der Waals surface area contributed by atoms with E-state index in [9.17, 15) is 9.59 Å². The number of fused-ring (bicyclic) bond motifs is 6. The summed E-state index contributed by atoms with van der Waals surface area (Å²) in [4.78, 5) is 32.9. The number of esters is 2. The minimum Gasteiger partial charge on any atom is -0.493 e. The number of methoxy groups -OCH3 is 5. The highest BCUT2D eigenvalue weighted by atomic mass is 16.6. The van der Waals surface area contributed by atoms with Crippen LogP contribution in [0.2, 0.25) is 0 Å². The lowest BCUT2D eigenvalue weighted by atomic mass is 9.69. The second-order valence-electron chi connectivity index (χ2n) is 10.9. The van der Waals surface area contributed by atoms with E-state index in [2.05, 4.69) is 28.1 Å². The molecule has 2 aliphatic heterocycles. The second-order valence-corrected chi connectivity index (χ2v) is 10.9. The highest BCUT2D eigenvalue weighted by molar-refractivity contribution is 5.91. The number of H-pyrrole nitrogens is 1. The van der Waals surface area contributed by atoms with Gasteiger partial charge in [-0.3, -0.25) is 9.69 Å². The largest absolute Gasteiger partial charge is 0.493 e. The van der Waals surface area contributed by atoms with Gasteiger partial charge in [-0.1, -0.05) is 23.8 Å². The van der Waals surface area contributed by atoms with E-state index in [4.69, 9.17) is 28.4 Å². The fourth-order valence-electron chi connectivity index (χ4n) is 7.07. The molecule has 222 valence electrons. The summed E-state index contributed by atoms with van der Waals surface area (Å²) in [6, 6.07) is 11.6. The van der Waals surface area contributed by atoms with Crippen molar-refractivity contribution in [3.8, 4) is 17.2 Å². The first kappa shape index (κ1) is 28.1. The van der Waals surface area contributed by atoms with E-state index in [1.54, 1.807) is 12.1 Å². The summed E-state index contributed by atoms with van der Waals surface area (Å²) in [6.45, 7) is 1.56. The van der Waals surface area contributed by atoms with Gasteiger partial charge in [0.1, 0.15) is 12.2 Å².